The van der Waals surface area contributed by atoms with Gasteiger partial charge in [-0.3, -0.25) is 4.79 Å². The van der Waals surface area contributed by atoms with Gasteiger partial charge >= 0.3 is 5.97 Å². The number of hydrogen-bond acceptors (Lipinski definition) is 3. The highest BCUT2D eigenvalue weighted by molar-refractivity contribution is 5.80. The molecule has 0 aromatic carbocycles. The lowest BCUT2D eigenvalue weighted by molar-refractivity contribution is -0.151. The molecule has 0 bridgehead atoms. The fraction of sp³-hybridized carbons (Fsp3) is 0.933. The number of carbonyl (C=O) groups excluding carboxylic acids is 1. The van der Waals surface area contributed by atoms with Crippen LogP contribution in [0.4, 0.5) is 0 Å². The molecule has 1 aliphatic carbocycles. The van der Waals surface area contributed by atoms with Gasteiger partial charge in [0, 0.05) is 0 Å². The van der Waals surface area contributed by atoms with Crippen molar-refractivity contribution in [3.05, 3.63) is 0 Å². The number of ether oxygens (including phenoxy) is 1. The van der Waals surface area contributed by atoms with Crippen LogP contribution < -0.4 is 5.32 Å². The molecule has 1 saturated carbocycles. The monoisotopic (exact) mass is 255 g/mol. The van der Waals surface area contributed by atoms with Crippen LogP contribution in [-0.2, 0) is 9.53 Å². The van der Waals surface area contributed by atoms with Crippen molar-refractivity contribution >= 4 is 5.97 Å². The van der Waals surface area contributed by atoms with Crippen LogP contribution in [0.5, 0.6) is 0 Å². The Balaban J connectivity index is 2.76. The molecule has 3 nitrogen and oxygen atoms in total. The zero-order valence-corrected chi connectivity index (χ0v) is 12.6. The Morgan fingerprint density at radius 3 is 2.50 bits per heavy atom. The van der Waals surface area contributed by atoms with Gasteiger partial charge in [-0.1, -0.05) is 27.2 Å². The van der Waals surface area contributed by atoms with Crippen molar-refractivity contribution in [1.82, 2.24) is 5.32 Å². The summed E-state index contributed by atoms with van der Waals surface area (Å²) in [6.45, 7) is 9.23. The maximum absolute atomic E-state index is 12.2. The summed E-state index contributed by atoms with van der Waals surface area (Å²) in [6, 6.07) is 0. The molecule has 3 heteroatoms. The van der Waals surface area contributed by atoms with Crippen molar-refractivity contribution < 1.29 is 9.53 Å². The molecule has 0 heterocycles. The molecule has 0 spiro atoms. The third-order valence-corrected chi connectivity index (χ3v) is 4.45. The Morgan fingerprint density at radius 2 is 2.00 bits per heavy atom. The van der Waals surface area contributed by atoms with E-state index in [1.54, 1.807) is 0 Å². The average Bonchev–Trinajstić information content (AvgIpc) is 2.51. The van der Waals surface area contributed by atoms with Gasteiger partial charge < -0.3 is 10.1 Å². The van der Waals surface area contributed by atoms with Crippen LogP contribution in [0.15, 0.2) is 0 Å². The SMILES string of the molecule is CCOC(=O)C1(NC)CCCC(C(C)(C)C)CC1. The molecule has 1 aliphatic rings. The quantitative estimate of drug-likeness (QED) is 0.622. The standard InChI is InChI=1S/C15H29NO2/c1-6-18-13(17)15(16-5)10-7-8-12(9-11-15)14(2,3)4/h12,16H,6-11H2,1-5H3. The maximum atomic E-state index is 12.2. The minimum atomic E-state index is -0.448. The molecule has 1 fully saturated rings. The number of hydrogen-bond donors (Lipinski definition) is 1. The number of likely N-dealkylation sites (N-methyl/N-ethyl adjacent to an activating group) is 1. The van der Waals surface area contributed by atoms with E-state index in [0.29, 0.717) is 17.9 Å². The molecule has 0 aromatic rings. The fourth-order valence-corrected chi connectivity index (χ4v) is 3.03. The van der Waals surface area contributed by atoms with Crippen LogP contribution in [0.1, 0.15) is 59.8 Å². The summed E-state index contributed by atoms with van der Waals surface area (Å²) in [4.78, 5) is 12.2. The normalized spacial score (nSPS) is 29.7. The fourth-order valence-electron chi connectivity index (χ4n) is 3.03. The average molecular weight is 255 g/mol. The summed E-state index contributed by atoms with van der Waals surface area (Å²) in [6.07, 6.45) is 5.20. The largest absolute Gasteiger partial charge is 0.465 e. The summed E-state index contributed by atoms with van der Waals surface area (Å²) >= 11 is 0. The van der Waals surface area contributed by atoms with Crippen LogP contribution in [0.25, 0.3) is 0 Å². The van der Waals surface area contributed by atoms with Gasteiger partial charge in [-0.25, -0.2) is 0 Å². The third-order valence-electron chi connectivity index (χ3n) is 4.45. The van der Waals surface area contributed by atoms with E-state index in [0.717, 1.165) is 25.7 Å². The van der Waals surface area contributed by atoms with Gasteiger partial charge in [0.2, 0.25) is 0 Å². The smallest absolute Gasteiger partial charge is 0.326 e. The minimum Gasteiger partial charge on any atom is -0.465 e. The number of carbonyl (C=O) groups is 1. The van der Waals surface area contributed by atoms with Crippen LogP contribution in [0.2, 0.25) is 0 Å². The first kappa shape index (κ1) is 15.5. The van der Waals surface area contributed by atoms with Gasteiger partial charge in [0.25, 0.3) is 0 Å². The molecule has 106 valence electrons. The highest BCUT2D eigenvalue weighted by Crippen LogP contribution is 2.40. The Morgan fingerprint density at radius 1 is 1.33 bits per heavy atom. The Labute approximate surface area is 112 Å². The molecule has 1 N–H and O–H groups in total. The van der Waals surface area contributed by atoms with E-state index in [9.17, 15) is 4.79 Å². The van der Waals surface area contributed by atoms with E-state index in [2.05, 4.69) is 26.1 Å². The Bertz CT molecular complexity index is 283. The second-order valence-corrected chi connectivity index (χ2v) is 6.55. The van der Waals surface area contributed by atoms with E-state index < -0.39 is 5.54 Å². The van der Waals surface area contributed by atoms with Crippen molar-refractivity contribution in [2.24, 2.45) is 11.3 Å². The summed E-state index contributed by atoms with van der Waals surface area (Å²) in [5.74, 6) is 0.629. The van der Waals surface area contributed by atoms with E-state index in [1.165, 1.54) is 6.42 Å². The topological polar surface area (TPSA) is 38.3 Å². The minimum absolute atomic E-state index is 0.0675. The van der Waals surface area contributed by atoms with Crippen molar-refractivity contribution in [1.29, 1.82) is 0 Å². The Kier molecular flexibility index (Phi) is 5.20. The molecule has 0 saturated heterocycles. The highest BCUT2D eigenvalue weighted by Gasteiger charge is 2.41. The van der Waals surface area contributed by atoms with Crippen molar-refractivity contribution in [3.63, 3.8) is 0 Å². The van der Waals surface area contributed by atoms with E-state index in [1.807, 2.05) is 14.0 Å². The van der Waals surface area contributed by atoms with E-state index >= 15 is 0 Å². The van der Waals surface area contributed by atoms with Gasteiger partial charge in [0.1, 0.15) is 5.54 Å². The van der Waals surface area contributed by atoms with Crippen molar-refractivity contribution in [2.45, 2.75) is 65.3 Å². The molecule has 18 heavy (non-hydrogen) atoms. The first-order valence-corrected chi connectivity index (χ1v) is 7.22. The van der Waals surface area contributed by atoms with Gasteiger partial charge in [-0.15, -0.1) is 0 Å². The molecule has 2 atom stereocenters. The Hall–Kier alpha value is -0.570. The molecule has 0 amide bonds. The third kappa shape index (κ3) is 3.47. The molecule has 2 unspecified atom stereocenters. The zero-order chi connectivity index (χ0) is 13.8. The molecular weight excluding hydrogens is 226 g/mol. The van der Waals surface area contributed by atoms with Crippen molar-refractivity contribution in [3.8, 4) is 0 Å². The zero-order valence-electron chi connectivity index (χ0n) is 12.6. The first-order chi connectivity index (χ1) is 8.35. The van der Waals surface area contributed by atoms with Gasteiger partial charge in [0.05, 0.1) is 6.61 Å². The number of nitrogens with one attached hydrogen (secondary N) is 1. The molecule has 0 aliphatic heterocycles. The molecular formula is C15H29NO2. The maximum Gasteiger partial charge on any atom is 0.326 e. The van der Waals surface area contributed by atoms with Crippen LogP contribution >= 0.6 is 0 Å². The molecule has 0 aromatic heterocycles. The van der Waals surface area contributed by atoms with Crippen LogP contribution in [-0.4, -0.2) is 25.2 Å². The number of esters is 1. The summed E-state index contributed by atoms with van der Waals surface area (Å²) in [7, 11) is 1.88. The second-order valence-electron chi connectivity index (χ2n) is 6.55. The van der Waals surface area contributed by atoms with Gasteiger partial charge in [-0.2, -0.15) is 0 Å². The van der Waals surface area contributed by atoms with Gasteiger partial charge in [0.15, 0.2) is 0 Å². The van der Waals surface area contributed by atoms with E-state index in [4.69, 9.17) is 4.74 Å². The molecule has 1 rings (SSSR count). The predicted octanol–water partition coefficient (Wildman–Crippen LogP) is 3.13. The molecule has 0 radical (unpaired) electrons. The summed E-state index contributed by atoms with van der Waals surface area (Å²) < 4.78 is 5.25. The first-order valence-electron chi connectivity index (χ1n) is 7.22. The van der Waals surface area contributed by atoms with Gasteiger partial charge in [-0.05, 0) is 51.0 Å². The highest BCUT2D eigenvalue weighted by atomic mass is 16.5. The predicted molar refractivity (Wildman–Crippen MR) is 74.5 cm³/mol. The summed E-state index contributed by atoms with van der Waals surface area (Å²) in [5, 5.41) is 3.24. The van der Waals surface area contributed by atoms with Crippen molar-refractivity contribution in [2.75, 3.05) is 13.7 Å². The number of rotatable bonds is 3. The van der Waals surface area contributed by atoms with E-state index in [-0.39, 0.29) is 5.97 Å². The van der Waals surface area contributed by atoms with Crippen LogP contribution in [0, 0.1) is 11.3 Å². The lowest BCUT2D eigenvalue weighted by Gasteiger charge is -2.32. The summed E-state index contributed by atoms with van der Waals surface area (Å²) in [5.41, 5.74) is -0.117. The van der Waals surface area contributed by atoms with Crippen LogP contribution in [0.3, 0.4) is 0 Å². The lowest BCUT2D eigenvalue weighted by atomic mass is 9.76. The lowest BCUT2D eigenvalue weighted by Crippen LogP contribution is -2.51. The second kappa shape index (κ2) is 6.05.